The van der Waals surface area contributed by atoms with Crippen LogP contribution in [0.2, 0.25) is 0 Å². The Morgan fingerprint density at radius 2 is 1.83 bits per heavy atom. The Balaban J connectivity index is 1.76. The highest BCUT2D eigenvalue weighted by Gasteiger charge is 2.25. The van der Waals surface area contributed by atoms with Gasteiger partial charge < -0.3 is 4.57 Å². The molecule has 1 fully saturated rings. The summed E-state index contributed by atoms with van der Waals surface area (Å²) in [6, 6.07) is 6.02. The number of nitrogens with one attached hydrogen (secondary N) is 1. The van der Waals surface area contributed by atoms with Crippen LogP contribution < -0.4 is 4.72 Å². The first-order chi connectivity index (χ1) is 14.2. The topological polar surface area (TPSA) is 94.2 Å². The number of sulfonamides is 1. The van der Waals surface area contributed by atoms with Crippen LogP contribution in [0.4, 0.5) is 5.69 Å². The number of nitrogens with zero attached hydrogens (tertiary/aromatic N) is 5. The first-order valence-corrected chi connectivity index (χ1v) is 11.9. The van der Waals surface area contributed by atoms with E-state index in [2.05, 4.69) is 31.6 Å². The quantitative estimate of drug-likeness (QED) is 0.529. The van der Waals surface area contributed by atoms with Gasteiger partial charge in [-0.25, -0.2) is 13.4 Å². The Hall–Kier alpha value is -2.94. The van der Waals surface area contributed by atoms with E-state index in [-0.39, 0.29) is 0 Å². The lowest BCUT2D eigenvalue weighted by Crippen LogP contribution is -2.10. The molecule has 3 aromatic heterocycles. The van der Waals surface area contributed by atoms with Crippen LogP contribution in [0.3, 0.4) is 0 Å². The summed E-state index contributed by atoms with van der Waals surface area (Å²) < 4.78 is 30.9. The van der Waals surface area contributed by atoms with Gasteiger partial charge in [-0.3, -0.25) is 9.12 Å². The van der Waals surface area contributed by atoms with Gasteiger partial charge in [0.05, 0.1) is 17.5 Å². The number of anilines is 1. The van der Waals surface area contributed by atoms with Crippen molar-refractivity contribution in [1.29, 1.82) is 0 Å². The number of imidazole rings is 1. The highest BCUT2D eigenvalue weighted by atomic mass is 32.2. The van der Waals surface area contributed by atoms with Crippen LogP contribution in [0.15, 0.2) is 24.4 Å². The van der Waals surface area contributed by atoms with Gasteiger partial charge in [0.2, 0.25) is 10.0 Å². The fraction of sp³-hybridized carbons (Fsp3) is 0.381. The highest BCUT2D eigenvalue weighted by molar-refractivity contribution is 7.92. The van der Waals surface area contributed by atoms with Gasteiger partial charge in [-0.05, 0) is 74.4 Å². The van der Waals surface area contributed by atoms with Crippen molar-refractivity contribution in [2.45, 2.75) is 40.2 Å². The Kier molecular flexibility index (Phi) is 4.15. The van der Waals surface area contributed by atoms with E-state index >= 15 is 0 Å². The third-order valence-corrected chi connectivity index (χ3v) is 6.26. The van der Waals surface area contributed by atoms with E-state index < -0.39 is 10.0 Å². The minimum atomic E-state index is -3.45. The summed E-state index contributed by atoms with van der Waals surface area (Å²) in [5, 5.41) is 8.40. The molecule has 4 aromatic rings. The number of aryl methyl sites for hydroxylation is 3. The maximum Gasteiger partial charge on any atom is 0.229 e. The molecule has 0 saturated heterocycles. The van der Waals surface area contributed by atoms with Crippen LogP contribution in [-0.4, -0.2) is 38.8 Å². The van der Waals surface area contributed by atoms with Gasteiger partial charge in [0.15, 0.2) is 5.65 Å². The van der Waals surface area contributed by atoms with E-state index in [4.69, 9.17) is 4.98 Å². The third kappa shape index (κ3) is 3.32. The first-order valence-electron chi connectivity index (χ1n) is 10.0. The highest BCUT2D eigenvalue weighted by Crippen LogP contribution is 2.36. The van der Waals surface area contributed by atoms with Gasteiger partial charge in [0, 0.05) is 12.7 Å². The van der Waals surface area contributed by atoms with Crippen LogP contribution in [-0.2, 0) is 16.6 Å². The SMILES string of the molecule is Cc1cc(-c2cc(NS(C)(=O)=O)c3nc(C)n(CC4CC4)c3c2)cn2c(C)nnc12. The molecule has 0 unspecified atom stereocenters. The standard InChI is InChI=1S/C21H24N6O2S/c1-12-7-17(11-27-14(3)23-24-21(12)27)16-8-18(25-30(4,28)29)20-19(9-16)26(13(2)22-20)10-15-5-6-15/h7-9,11,15,25H,5-6,10H2,1-4H3. The van der Waals surface area contributed by atoms with Gasteiger partial charge >= 0.3 is 0 Å². The average molecular weight is 425 g/mol. The van der Waals surface area contributed by atoms with Crippen molar-refractivity contribution >= 4 is 32.4 Å². The van der Waals surface area contributed by atoms with Crippen molar-refractivity contribution in [2.24, 2.45) is 5.92 Å². The molecular formula is C21H24N6O2S. The summed E-state index contributed by atoms with van der Waals surface area (Å²) in [5.74, 6) is 2.38. The zero-order chi connectivity index (χ0) is 21.2. The molecule has 9 heteroatoms. The summed E-state index contributed by atoms with van der Waals surface area (Å²) in [4.78, 5) is 4.70. The van der Waals surface area contributed by atoms with E-state index in [1.807, 2.05) is 37.4 Å². The zero-order valence-electron chi connectivity index (χ0n) is 17.5. The Morgan fingerprint density at radius 1 is 1.07 bits per heavy atom. The summed E-state index contributed by atoms with van der Waals surface area (Å²) in [6.07, 6.45) is 5.62. The number of benzene rings is 1. The lowest BCUT2D eigenvalue weighted by molar-refractivity contribution is 0.607. The molecule has 8 nitrogen and oxygen atoms in total. The molecule has 0 bridgehead atoms. The van der Waals surface area contributed by atoms with Gasteiger partial charge in [-0.15, -0.1) is 10.2 Å². The zero-order valence-corrected chi connectivity index (χ0v) is 18.3. The van der Waals surface area contributed by atoms with Gasteiger partial charge in [-0.1, -0.05) is 0 Å². The van der Waals surface area contributed by atoms with Crippen molar-refractivity contribution in [3.8, 4) is 11.1 Å². The molecule has 0 spiro atoms. The molecular weight excluding hydrogens is 400 g/mol. The average Bonchev–Trinajstić information content (AvgIpc) is 3.32. The van der Waals surface area contributed by atoms with Crippen LogP contribution in [0.25, 0.3) is 27.8 Å². The largest absolute Gasteiger partial charge is 0.328 e. The predicted molar refractivity (Wildman–Crippen MR) is 117 cm³/mol. The summed E-state index contributed by atoms with van der Waals surface area (Å²) in [5.41, 5.74) is 5.85. The smallest absolute Gasteiger partial charge is 0.229 e. The number of rotatable bonds is 5. The van der Waals surface area contributed by atoms with Gasteiger partial charge in [0.25, 0.3) is 0 Å². The van der Waals surface area contributed by atoms with Crippen molar-refractivity contribution < 1.29 is 8.42 Å². The third-order valence-electron chi connectivity index (χ3n) is 5.67. The van der Waals surface area contributed by atoms with Gasteiger partial charge in [-0.2, -0.15) is 0 Å². The molecule has 1 aliphatic rings. The molecule has 156 valence electrons. The molecule has 0 amide bonds. The maximum atomic E-state index is 12.0. The van der Waals surface area contributed by atoms with Crippen molar-refractivity contribution in [1.82, 2.24) is 24.1 Å². The Morgan fingerprint density at radius 3 is 2.53 bits per heavy atom. The van der Waals surface area contributed by atoms with Crippen molar-refractivity contribution in [3.05, 3.63) is 41.6 Å². The molecule has 0 atom stereocenters. The number of fused-ring (bicyclic) bond motifs is 2. The fourth-order valence-electron chi connectivity index (χ4n) is 4.00. The second kappa shape index (κ2) is 6.53. The number of pyridine rings is 1. The van der Waals surface area contributed by atoms with Gasteiger partial charge in [0.1, 0.15) is 17.2 Å². The van der Waals surface area contributed by atoms with E-state index in [0.29, 0.717) is 17.1 Å². The van der Waals surface area contributed by atoms with Crippen molar-refractivity contribution in [2.75, 3.05) is 11.0 Å². The summed E-state index contributed by atoms with van der Waals surface area (Å²) >= 11 is 0. The molecule has 0 radical (unpaired) electrons. The van der Waals surface area contributed by atoms with Crippen LogP contribution >= 0.6 is 0 Å². The molecule has 1 N–H and O–H groups in total. The summed E-state index contributed by atoms with van der Waals surface area (Å²) in [7, 11) is -3.45. The van der Waals surface area contributed by atoms with Crippen LogP contribution in [0, 0.1) is 26.7 Å². The van der Waals surface area contributed by atoms with E-state index in [1.54, 1.807) is 0 Å². The molecule has 1 aromatic carbocycles. The van der Waals surface area contributed by atoms with E-state index in [9.17, 15) is 8.42 Å². The number of hydrogen-bond acceptors (Lipinski definition) is 5. The maximum absolute atomic E-state index is 12.0. The molecule has 5 rings (SSSR count). The Bertz CT molecular complexity index is 1410. The first kappa shape index (κ1) is 19.0. The predicted octanol–water partition coefficient (Wildman–Crippen LogP) is 3.45. The molecule has 0 aliphatic heterocycles. The normalized spacial score (nSPS) is 14.7. The molecule has 1 aliphatic carbocycles. The Labute approximate surface area is 175 Å². The number of aromatic nitrogens is 5. The molecule has 3 heterocycles. The van der Waals surface area contributed by atoms with Crippen molar-refractivity contribution in [3.63, 3.8) is 0 Å². The summed E-state index contributed by atoms with van der Waals surface area (Å²) in [6.45, 7) is 6.80. The van der Waals surface area contributed by atoms with Crippen LogP contribution in [0.1, 0.15) is 30.1 Å². The fourth-order valence-corrected chi connectivity index (χ4v) is 4.55. The minimum absolute atomic E-state index is 0.501. The van der Waals surface area contributed by atoms with E-state index in [0.717, 1.165) is 52.3 Å². The van der Waals surface area contributed by atoms with E-state index in [1.165, 1.54) is 12.8 Å². The minimum Gasteiger partial charge on any atom is -0.328 e. The molecule has 1 saturated carbocycles. The monoisotopic (exact) mass is 424 g/mol. The molecule has 30 heavy (non-hydrogen) atoms. The second-order valence-electron chi connectivity index (χ2n) is 8.33. The number of hydrogen-bond donors (Lipinski definition) is 1. The lowest BCUT2D eigenvalue weighted by Gasteiger charge is -2.12. The second-order valence-corrected chi connectivity index (χ2v) is 10.1. The lowest BCUT2D eigenvalue weighted by atomic mass is 10.0. The van der Waals surface area contributed by atoms with Crippen LogP contribution in [0.5, 0.6) is 0 Å².